The third-order valence-corrected chi connectivity index (χ3v) is 4.39. The molecule has 4 heteroatoms. The van der Waals surface area contributed by atoms with Gasteiger partial charge < -0.3 is 10.0 Å². The van der Waals surface area contributed by atoms with Crippen molar-refractivity contribution in [2.75, 3.05) is 6.54 Å². The Morgan fingerprint density at radius 3 is 2.75 bits per heavy atom. The molecule has 1 saturated heterocycles. The van der Waals surface area contributed by atoms with Gasteiger partial charge in [-0.1, -0.05) is 29.8 Å². The van der Waals surface area contributed by atoms with E-state index < -0.39 is 11.9 Å². The summed E-state index contributed by atoms with van der Waals surface area (Å²) in [5, 5.41) is 8.96. The molecule has 1 saturated carbocycles. The Kier molecular flexibility index (Phi) is 3.24. The van der Waals surface area contributed by atoms with E-state index in [-0.39, 0.29) is 17.9 Å². The van der Waals surface area contributed by atoms with Crippen LogP contribution in [0.3, 0.4) is 0 Å². The maximum Gasteiger partial charge on any atom is 0.307 e. The van der Waals surface area contributed by atoms with Crippen LogP contribution in [-0.2, 0) is 9.59 Å². The number of nitrogens with zero attached hydrogens (tertiary/aromatic N) is 1. The first-order valence-corrected chi connectivity index (χ1v) is 7.18. The number of aryl methyl sites for hydroxylation is 1. The van der Waals surface area contributed by atoms with Gasteiger partial charge in [0.05, 0.1) is 17.9 Å². The predicted octanol–water partition coefficient (Wildman–Crippen LogP) is 2.38. The smallest absolute Gasteiger partial charge is 0.307 e. The molecule has 20 heavy (non-hydrogen) atoms. The molecule has 1 heterocycles. The van der Waals surface area contributed by atoms with Crippen LogP contribution in [0, 0.1) is 18.8 Å². The van der Waals surface area contributed by atoms with Crippen molar-refractivity contribution in [3.63, 3.8) is 0 Å². The van der Waals surface area contributed by atoms with E-state index in [1.807, 2.05) is 24.0 Å². The Bertz CT molecular complexity index is 554. The summed E-state index contributed by atoms with van der Waals surface area (Å²) in [6, 6.07) is 8.37. The van der Waals surface area contributed by atoms with E-state index in [0.29, 0.717) is 6.42 Å². The molecule has 1 aliphatic carbocycles. The van der Waals surface area contributed by atoms with Crippen LogP contribution in [0.5, 0.6) is 0 Å². The van der Waals surface area contributed by atoms with Crippen molar-refractivity contribution in [3.05, 3.63) is 35.4 Å². The van der Waals surface area contributed by atoms with Crippen molar-refractivity contribution in [2.45, 2.75) is 32.2 Å². The van der Waals surface area contributed by atoms with Crippen LogP contribution in [0.4, 0.5) is 0 Å². The number of benzene rings is 1. The monoisotopic (exact) mass is 273 g/mol. The number of carboxylic acid groups (broad SMARTS) is 1. The molecule has 1 aromatic rings. The lowest BCUT2D eigenvalue weighted by atomic mass is 10.0. The first-order chi connectivity index (χ1) is 9.58. The number of hydrogen-bond acceptors (Lipinski definition) is 2. The average molecular weight is 273 g/mol. The molecule has 106 valence electrons. The van der Waals surface area contributed by atoms with Crippen LogP contribution >= 0.6 is 0 Å². The van der Waals surface area contributed by atoms with Gasteiger partial charge in [0.2, 0.25) is 5.91 Å². The van der Waals surface area contributed by atoms with E-state index in [1.165, 1.54) is 11.1 Å². The van der Waals surface area contributed by atoms with Crippen molar-refractivity contribution < 1.29 is 14.7 Å². The highest BCUT2D eigenvalue weighted by Crippen LogP contribution is 2.43. The summed E-state index contributed by atoms with van der Waals surface area (Å²) < 4.78 is 0. The van der Waals surface area contributed by atoms with E-state index in [0.717, 1.165) is 19.4 Å². The molecule has 0 bridgehead atoms. The highest BCUT2D eigenvalue weighted by Gasteiger charge is 2.51. The van der Waals surface area contributed by atoms with E-state index >= 15 is 0 Å². The number of rotatable bonds is 3. The standard InChI is InChI=1S/C16H19NO3/c1-10-4-2-5-11(8-10)14-6-3-7-17(14)15(18)12-9-13(12)16(19)20/h2,4-5,8,12-14H,3,6-7,9H2,1H3,(H,19,20). The van der Waals surface area contributed by atoms with Crippen LogP contribution in [0.25, 0.3) is 0 Å². The van der Waals surface area contributed by atoms with Crippen LogP contribution in [0.1, 0.15) is 36.4 Å². The zero-order valence-electron chi connectivity index (χ0n) is 11.6. The molecule has 1 aliphatic heterocycles. The highest BCUT2D eigenvalue weighted by molar-refractivity contribution is 5.89. The minimum absolute atomic E-state index is 0.0291. The van der Waals surface area contributed by atoms with Crippen LogP contribution in [0.2, 0.25) is 0 Å². The van der Waals surface area contributed by atoms with Crippen molar-refractivity contribution >= 4 is 11.9 Å². The van der Waals surface area contributed by atoms with E-state index in [1.54, 1.807) is 0 Å². The topological polar surface area (TPSA) is 57.6 Å². The summed E-state index contributed by atoms with van der Waals surface area (Å²) in [7, 11) is 0. The number of amides is 1. The number of carbonyl (C=O) groups is 2. The molecule has 0 aromatic heterocycles. The summed E-state index contributed by atoms with van der Waals surface area (Å²) in [6.45, 7) is 2.80. The first kappa shape index (κ1) is 13.2. The zero-order chi connectivity index (χ0) is 14.3. The minimum Gasteiger partial charge on any atom is -0.481 e. The fourth-order valence-electron chi connectivity index (χ4n) is 3.21. The van der Waals surface area contributed by atoms with Gasteiger partial charge in [-0.3, -0.25) is 9.59 Å². The highest BCUT2D eigenvalue weighted by atomic mass is 16.4. The number of carbonyl (C=O) groups excluding carboxylic acids is 1. The van der Waals surface area contributed by atoms with Gasteiger partial charge in [-0.2, -0.15) is 0 Å². The second-order valence-corrected chi connectivity index (χ2v) is 5.89. The predicted molar refractivity (Wildman–Crippen MR) is 74.1 cm³/mol. The van der Waals surface area contributed by atoms with E-state index in [9.17, 15) is 9.59 Å². The largest absolute Gasteiger partial charge is 0.481 e. The van der Waals surface area contributed by atoms with E-state index in [4.69, 9.17) is 5.11 Å². The Morgan fingerprint density at radius 2 is 2.10 bits per heavy atom. The van der Waals surface area contributed by atoms with Gasteiger partial charge in [-0.25, -0.2) is 0 Å². The normalized spacial score (nSPS) is 28.4. The molecule has 3 rings (SSSR count). The van der Waals surface area contributed by atoms with Crippen LogP contribution < -0.4 is 0 Å². The molecule has 0 radical (unpaired) electrons. The molecular formula is C16H19NO3. The van der Waals surface area contributed by atoms with Gasteiger partial charge in [0, 0.05) is 6.54 Å². The van der Waals surface area contributed by atoms with E-state index in [2.05, 4.69) is 12.1 Å². The minimum atomic E-state index is -0.838. The summed E-state index contributed by atoms with van der Waals surface area (Å²) >= 11 is 0. The summed E-state index contributed by atoms with van der Waals surface area (Å²) in [6.07, 6.45) is 2.47. The molecule has 1 aromatic carbocycles. The maximum atomic E-state index is 12.5. The Morgan fingerprint density at radius 1 is 1.30 bits per heavy atom. The Hall–Kier alpha value is -1.84. The summed E-state index contributed by atoms with van der Waals surface area (Å²) in [4.78, 5) is 25.3. The molecule has 1 amide bonds. The fraction of sp³-hybridized carbons (Fsp3) is 0.500. The zero-order valence-corrected chi connectivity index (χ0v) is 11.6. The second kappa shape index (κ2) is 4.93. The van der Waals surface area contributed by atoms with Crippen molar-refractivity contribution in [1.82, 2.24) is 4.90 Å². The van der Waals surface area contributed by atoms with Gasteiger partial charge in [0.1, 0.15) is 0 Å². The number of carboxylic acids is 1. The molecule has 1 N–H and O–H groups in total. The lowest BCUT2D eigenvalue weighted by Crippen LogP contribution is -2.32. The van der Waals surface area contributed by atoms with Crippen molar-refractivity contribution in [2.24, 2.45) is 11.8 Å². The van der Waals surface area contributed by atoms with Crippen LogP contribution in [0.15, 0.2) is 24.3 Å². The van der Waals surface area contributed by atoms with Gasteiger partial charge in [0.25, 0.3) is 0 Å². The SMILES string of the molecule is Cc1cccc(C2CCCN2C(=O)C2CC2C(=O)O)c1. The van der Waals surface area contributed by atoms with Gasteiger partial charge in [-0.05, 0) is 31.7 Å². The van der Waals surface area contributed by atoms with Gasteiger partial charge >= 0.3 is 5.97 Å². The first-order valence-electron chi connectivity index (χ1n) is 7.18. The molecule has 3 atom stereocenters. The summed E-state index contributed by atoms with van der Waals surface area (Å²) in [5.74, 6) is -1.56. The van der Waals surface area contributed by atoms with Crippen molar-refractivity contribution in [3.8, 4) is 0 Å². The third kappa shape index (κ3) is 2.30. The van der Waals surface area contributed by atoms with Crippen molar-refractivity contribution in [1.29, 1.82) is 0 Å². The molecule has 3 unspecified atom stereocenters. The Labute approximate surface area is 118 Å². The maximum absolute atomic E-state index is 12.5. The molecule has 4 nitrogen and oxygen atoms in total. The molecule has 0 spiro atoms. The summed E-state index contributed by atoms with van der Waals surface area (Å²) in [5.41, 5.74) is 2.36. The Balaban J connectivity index is 1.76. The van der Waals surface area contributed by atoms with Gasteiger partial charge in [-0.15, -0.1) is 0 Å². The lowest BCUT2D eigenvalue weighted by Gasteiger charge is -2.25. The molecular weight excluding hydrogens is 254 g/mol. The fourth-order valence-corrected chi connectivity index (χ4v) is 3.21. The quantitative estimate of drug-likeness (QED) is 0.920. The number of likely N-dealkylation sites (tertiary alicyclic amines) is 1. The van der Waals surface area contributed by atoms with Gasteiger partial charge in [0.15, 0.2) is 0 Å². The third-order valence-electron chi connectivity index (χ3n) is 4.39. The second-order valence-electron chi connectivity index (χ2n) is 5.89. The molecule has 2 aliphatic rings. The number of aliphatic carboxylic acids is 1. The van der Waals surface area contributed by atoms with Crippen LogP contribution in [-0.4, -0.2) is 28.4 Å². The number of hydrogen-bond donors (Lipinski definition) is 1. The lowest BCUT2D eigenvalue weighted by molar-refractivity contribution is -0.142. The molecule has 2 fully saturated rings. The average Bonchev–Trinajstić information content (AvgIpc) is 3.07.